The van der Waals surface area contributed by atoms with Crippen molar-refractivity contribution in [3.63, 3.8) is 0 Å². The number of carbonyl (C=O) groups excluding carboxylic acids is 2. The number of aliphatic hydroxyl groups excluding tert-OH is 1. The van der Waals surface area contributed by atoms with Crippen molar-refractivity contribution in [1.29, 1.82) is 0 Å². The summed E-state index contributed by atoms with van der Waals surface area (Å²) < 4.78 is 10.9. The van der Waals surface area contributed by atoms with E-state index in [0.29, 0.717) is 6.42 Å². The fourth-order valence-corrected chi connectivity index (χ4v) is 4.99. The van der Waals surface area contributed by atoms with E-state index < -0.39 is 17.6 Å². The van der Waals surface area contributed by atoms with Gasteiger partial charge in [-0.1, -0.05) is 32.9 Å². The Labute approximate surface area is 144 Å². The average molecular weight is 338 g/mol. The van der Waals surface area contributed by atoms with Crippen molar-refractivity contribution >= 4 is 11.9 Å². The van der Waals surface area contributed by atoms with Crippen LogP contribution in [0.4, 0.5) is 0 Å². The maximum Gasteiger partial charge on any atom is 0.302 e. The highest BCUT2D eigenvalue weighted by atomic mass is 16.5. The lowest BCUT2D eigenvalue weighted by molar-refractivity contribution is -0.210. The first kappa shape index (κ1) is 19.0. The Bertz CT molecular complexity index is 538. The highest BCUT2D eigenvalue weighted by Crippen LogP contribution is 2.61. The largest absolute Gasteiger partial charge is 0.465 e. The minimum absolute atomic E-state index is 0.0868. The summed E-state index contributed by atoms with van der Waals surface area (Å²) in [5.74, 6) is -0.623. The Morgan fingerprint density at radius 1 is 1.25 bits per heavy atom. The summed E-state index contributed by atoms with van der Waals surface area (Å²) in [6, 6.07) is 0. The van der Waals surface area contributed by atoms with Gasteiger partial charge >= 0.3 is 11.9 Å². The van der Waals surface area contributed by atoms with Crippen molar-refractivity contribution in [1.82, 2.24) is 0 Å². The number of ether oxygens (including phenoxy) is 2. The van der Waals surface area contributed by atoms with E-state index in [1.165, 1.54) is 13.8 Å². The van der Waals surface area contributed by atoms with E-state index >= 15 is 0 Å². The molecule has 5 atom stereocenters. The monoisotopic (exact) mass is 338 g/mol. The molecule has 2 rings (SSSR count). The van der Waals surface area contributed by atoms with Gasteiger partial charge in [-0.25, -0.2) is 0 Å². The topological polar surface area (TPSA) is 72.8 Å². The van der Waals surface area contributed by atoms with Crippen LogP contribution in [0, 0.1) is 22.7 Å². The van der Waals surface area contributed by atoms with Gasteiger partial charge in [0.1, 0.15) is 6.10 Å². The SMILES string of the molecule is C=C1CC[C@H]2C(C)(C)[C@@H](O)C[C@@H](OC(C)=O)[C@]2(C)[C@H]1COC(C)=O. The molecule has 0 radical (unpaired) electrons. The van der Waals surface area contributed by atoms with Crippen molar-refractivity contribution < 1.29 is 24.2 Å². The van der Waals surface area contributed by atoms with E-state index in [0.717, 1.165) is 18.4 Å². The molecule has 0 unspecified atom stereocenters. The molecule has 0 heterocycles. The number of hydrogen-bond donors (Lipinski definition) is 1. The number of esters is 2. The van der Waals surface area contributed by atoms with Crippen molar-refractivity contribution in [2.24, 2.45) is 22.7 Å². The molecule has 0 bridgehead atoms. The second-order valence-electron chi connectivity index (χ2n) is 8.14. The van der Waals surface area contributed by atoms with Gasteiger partial charge in [0, 0.05) is 31.6 Å². The summed E-state index contributed by atoms with van der Waals surface area (Å²) in [5, 5.41) is 10.6. The fourth-order valence-electron chi connectivity index (χ4n) is 4.99. The fraction of sp³-hybridized carbons (Fsp3) is 0.789. The van der Waals surface area contributed by atoms with Gasteiger partial charge in [-0.05, 0) is 24.2 Å². The van der Waals surface area contributed by atoms with Crippen molar-refractivity contribution in [3.05, 3.63) is 12.2 Å². The Morgan fingerprint density at radius 3 is 2.42 bits per heavy atom. The molecule has 2 aliphatic carbocycles. The van der Waals surface area contributed by atoms with Crippen LogP contribution in [0.15, 0.2) is 12.2 Å². The molecule has 0 aromatic heterocycles. The van der Waals surface area contributed by atoms with E-state index in [2.05, 4.69) is 27.4 Å². The lowest BCUT2D eigenvalue weighted by Crippen LogP contribution is -2.62. The Morgan fingerprint density at radius 2 is 1.88 bits per heavy atom. The van der Waals surface area contributed by atoms with E-state index in [-0.39, 0.29) is 35.8 Å². The van der Waals surface area contributed by atoms with E-state index in [1.54, 1.807) is 0 Å². The van der Waals surface area contributed by atoms with Crippen molar-refractivity contribution in [2.75, 3.05) is 6.61 Å². The van der Waals surface area contributed by atoms with Gasteiger partial charge in [0.2, 0.25) is 0 Å². The third kappa shape index (κ3) is 3.10. The van der Waals surface area contributed by atoms with Gasteiger partial charge in [-0.3, -0.25) is 9.59 Å². The van der Waals surface area contributed by atoms with Gasteiger partial charge in [0.25, 0.3) is 0 Å². The summed E-state index contributed by atoms with van der Waals surface area (Å²) in [6.07, 6.45) is 1.15. The molecule has 0 spiro atoms. The van der Waals surface area contributed by atoms with Crippen LogP contribution in [0.3, 0.4) is 0 Å². The predicted molar refractivity (Wildman–Crippen MR) is 90.1 cm³/mol. The summed E-state index contributed by atoms with van der Waals surface area (Å²) in [4.78, 5) is 23.0. The Balaban J connectivity index is 2.45. The van der Waals surface area contributed by atoms with Crippen LogP contribution in [-0.2, 0) is 19.1 Å². The summed E-state index contributed by atoms with van der Waals surface area (Å²) in [6.45, 7) is 13.5. The Hall–Kier alpha value is -1.36. The first-order valence-corrected chi connectivity index (χ1v) is 8.67. The molecule has 0 saturated heterocycles. The van der Waals surface area contributed by atoms with E-state index in [4.69, 9.17) is 9.47 Å². The summed E-state index contributed by atoms with van der Waals surface area (Å²) in [7, 11) is 0. The standard InChI is InChI=1S/C19H30O5/c1-11-7-8-15-18(4,5)16(22)9-17(24-13(3)21)19(15,6)14(11)10-23-12(2)20/h14-17,22H,1,7-10H2,2-6H3/t14-,15-,16-,17+,19+/m0/s1. The molecule has 24 heavy (non-hydrogen) atoms. The number of aliphatic hydroxyl groups is 1. The second-order valence-corrected chi connectivity index (χ2v) is 8.14. The highest BCUT2D eigenvalue weighted by molar-refractivity contribution is 5.66. The van der Waals surface area contributed by atoms with Crippen LogP contribution in [0.5, 0.6) is 0 Å². The second kappa shape index (κ2) is 6.51. The maximum absolute atomic E-state index is 11.6. The zero-order valence-electron chi connectivity index (χ0n) is 15.4. The summed E-state index contributed by atoms with van der Waals surface area (Å²) >= 11 is 0. The molecule has 2 fully saturated rings. The normalized spacial score (nSPS) is 38.2. The molecule has 5 nitrogen and oxygen atoms in total. The quantitative estimate of drug-likeness (QED) is 0.633. The number of rotatable bonds is 3. The zero-order valence-corrected chi connectivity index (χ0v) is 15.4. The number of fused-ring (bicyclic) bond motifs is 1. The van der Waals surface area contributed by atoms with Gasteiger partial charge in [0.05, 0.1) is 12.7 Å². The average Bonchev–Trinajstić information content (AvgIpc) is 2.43. The molecule has 136 valence electrons. The van der Waals surface area contributed by atoms with Gasteiger partial charge in [-0.15, -0.1) is 0 Å². The third-order valence-corrected chi connectivity index (χ3v) is 6.40. The molecule has 0 aliphatic heterocycles. The molecule has 5 heteroatoms. The smallest absolute Gasteiger partial charge is 0.302 e. The van der Waals surface area contributed by atoms with Gasteiger partial charge < -0.3 is 14.6 Å². The maximum atomic E-state index is 11.6. The first-order valence-electron chi connectivity index (χ1n) is 8.67. The van der Waals surface area contributed by atoms with Crippen LogP contribution in [-0.4, -0.2) is 35.9 Å². The predicted octanol–water partition coefficient (Wildman–Crippen LogP) is 2.86. The van der Waals surface area contributed by atoms with Crippen molar-refractivity contribution in [3.8, 4) is 0 Å². The highest BCUT2D eigenvalue weighted by Gasteiger charge is 2.61. The van der Waals surface area contributed by atoms with Crippen LogP contribution >= 0.6 is 0 Å². The summed E-state index contributed by atoms with van der Waals surface area (Å²) in [5.41, 5.74) is 0.305. The van der Waals surface area contributed by atoms with Crippen molar-refractivity contribution in [2.45, 2.75) is 66.1 Å². The molecular formula is C19H30O5. The van der Waals surface area contributed by atoms with Gasteiger partial charge in [-0.2, -0.15) is 0 Å². The lowest BCUT2D eigenvalue weighted by Gasteiger charge is -2.61. The third-order valence-electron chi connectivity index (χ3n) is 6.40. The molecule has 2 saturated carbocycles. The van der Waals surface area contributed by atoms with Crippen LogP contribution < -0.4 is 0 Å². The minimum Gasteiger partial charge on any atom is -0.465 e. The molecule has 0 aromatic carbocycles. The lowest BCUT2D eigenvalue weighted by atomic mass is 9.46. The van der Waals surface area contributed by atoms with Crippen LogP contribution in [0.2, 0.25) is 0 Å². The molecule has 0 amide bonds. The van der Waals surface area contributed by atoms with Crippen LogP contribution in [0.1, 0.15) is 53.9 Å². The molecule has 2 aliphatic rings. The zero-order chi connectivity index (χ0) is 18.3. The molecular weight excluding hydrogens is 308 g/mol. The van der Waals surface area contributed by atoms with Gasteiger partial charge in [0.15, 0.2) is 0 Å². The van der Waals surface area contributed by atoms with Crippen LogP contribution in [0.25, 0.3) is 0 Å². The van der Waals surface area contributed by atoms with E-state index in [1.807, 2.05) is 0 Å². The first-order chi connectivity index (χ1) is 11.0. The number of hydrogen-bond acceptors (Lipinski definition) is 5. The molecule has 0 aromatic rings. The van der Waals surface area contributed by atoms with E-state index in [9.17, 15) is 14.7 Å². The minimum atomic E-state index is -0.541. The Kier molecular flexibility index (Phi) is 5.14. The number of carbonyl (C=O) groups is 2. The molecule has 1 N–H and O–H groups in total.